The van der Waals surface area contributed by atoms with E-state index in [-0.39, 0.29) is 0 Å². The molecule has 1 fully saturated rings. The normalized spacial score (nSPS) is 24.1. The fraction of sp³-hybridized carbons (Fsp3) is 0.824. The van der Waals surface area contributed by atoms with E-state index >= 15 is 0 Å². The highest BCUT2D eigenvalue weighted by Gasteiger charge is 2.27. The third-order valence-corrected chi connectivity index (χ3v) is 4.88. The van der Waals surface area contributed by atoms with Gasteiger partial charge in [-0.3, -0.25) is 9.58 Å². The van der Waals surface area contributed by atoms with E-state index in [1.807, 2.05) is 0 Å². The molecule has 2 atom stereocenters. The van der Waals surface area contributed by atoms with Gasteiger partial charge in [0.1, 0.15) is 0 Å². The summed E-state index contributed by atoms with van der Waals surface area (Å²) in [5, 5.41) is 8.46. The second-order valence-electron chi connectivity index (χ2n) is 6.79. The quantitative estimate of drug-likeness (QED) is 0.875. The third kappa shape index (κ3) is 4.07. The highest BCUT2D eigenvalue weighted by atomic mass is 15.3. The molecule has 1 N–H and O–H groups in total. The van der Waals surface area contributed by atoms with Crippen LogP contribution in [0.5, 0.6) is 0 Å². The van der Waals surface area contributed by atoms with Gasteiger partial charge in [-0.2, -0.15) is 5.10 Å². The van der Waals surface area contributed by atoms with Crippen molar-refractivity contribution in [1.29, 1.82) is 0 Å². The van der Waals surface area contributed by atoms with Gasteiger partial charge in [0.25, 0.3) is 0 Å². The van der Waals surface area contributed by atoms with E-state index in [0.29, 0.717) is 24.0 Å². The lowest BCUT2D eigenvalue weighted by molar-refractivity contribution is 0.114. The molecule has 21 heavy (non-hydrogen) atoms. The number of hydrogen-bond donors (Lipinski definition) is 1. The molecule has 1 aromatic rings. The average molecular weight is 292 g/mol. The first-order valence-electron chi connectivity index (χ1n) is 8.56. The molecule has 0 spiro atoms. The van der Waals surface area contributed by atoms with Crippen molar-refractivity contribution in [2.24, 2.45) is 5.92 Å². The zero-order valence-corrected chi connectivity index (χ0v) is 14.3. The van der Waals surface area contributed by atoms with Crippen molar-refractivity contribution in [3.05, 3.63) is 18.0 Å². The van der Waals surface area contributed by atoms with Crippen LogP contribution in [0.1, 0.15) is 59.2 Å². The van der Waals surface area contributed by atoms with Crippen LogP contribution in [-0.2, 0) is 6.54 Å². The van der Waals surface area contributed by atoms with E-state index in [1.54, 1.807) is 0 Å². The van der Waals surface area contributed by atoms with Crippen molar-refractivity contribution in [1.82, 2.24) is 20.0 Å². The van der Waals surface area contributed by atoms with Crippen LogP contribution in [0.3, 0.4) is 0 Å². The number of hydrogen-bond acceptors (Lipinski definition) is 3. The maximum Gasteiger partial charge on any atom is 0.0765 e. The number of nitrogens with zero attached hydrogens (tertiary/aromatic N) is 3. The Morgan fingerprint density at radius 3 is 2.67 bits per heavy atom. The molecule has 2 heterocycles. The lowest BCUT2D eigenvalue weighted by Crippen LogP contribution is -2.56. The highest BCUT2D eigenvalue weighted by molar-refractivity contribution is 5.01. The van der Waals surface area contributed by atoms with Gasteiger partial charge in [-0.1, -0.05) is 27.7 Å². The monoisotopic (exact) mass is 292 g/mol. The van der Waals surface area contributed by atoms with Gasteiger partial charge < -0.3 is 5.32 Å². The predicted molar refractivity (Wildman–Crippen MR) is 88.3 cm³/mol. The summed E-state index contributed by atoms with van der Waals surface area (Å²) in [7, 11) is 0. The Kier molecular flexibility index (Phi) is 5.82. The fourth-order valence-electron chi connectivity index (χ4n) is 3.15. The molecule has 0 aromatic carbocycles. The first-order valence-corrected chi connectivity index (χ1v) is 8.56. The van der Waals surface area contributed by atoms with Crippen LogP contribution >= 0.6 is 0 Å². The lowest BCUT2D eigenvalue weighted by atomic mass is 10.00. The van der Waals surface area contributed by atoms with E-state index in [0.717, 1.165) is 32.5 Å². The minimum atomic E-state index is 0.544. The van der Waals surface area contributed by atoms with Crippen molar-refractivity contribution >= 4 is 0 Å². The Labute approximate surface area is 129 Å². The molecule has 120 valence electrons. The zero-order chi connectivity index (χ0) is 15.4. The van der Waals surface area contributed by atoms with Gasteiger partial charge in [-0.15, -0.1) is 0 Å². The Hall–Kier alpha value is -0.870. The number of rotatable bonds is 6. The summed E-state index contributed by atoms with van der Waals surface area (Å²) in [6.45, 7) is 14.6. The van der Waals surface area contributed by atoms with Gasteiger partial charge in [0, 0.05) is 37.9 Å². The summed E-state index contributed by atoms with van der Waals surface area (Å²) in [6.07, 6.45) is 4.45. The molecule has 1 aliphatic rings. The SMILES string of the molecule is CCC(CC)n1ccc(CN2CC(C(C)C)NCC2C)n1. The van der Waals surface area contributed by atoms with E-state index in [2.05, 4.69) is 61.8 Å². The van der Waals surface area contributed by atoms with E-state index in [1.165, 1.54) is 5.69 Å². The van der Waals surface area contributed by atoms with Crippen molar-refractivity contribution in [3.8, 4) is 0 Å². The highest BCUT2D eigenvalue weighted by Crippen LogP contribution is 2.18. The van der Waals surface area contributed by atoms with Crippen molar-refractivity contribution in [2.75, 3.05) is 13.1 Å². The van der Waals surface area contributed by atoms with Crippen LogP contribution in [0.4, 0.5) is 0 Å². The second-order valence-corrected chi connectivity index (χ2v) is 6.79. The maximum absolute atomic E-state index is 4.81. The van der Waals surface area contributed by atoms with E-state index in [4.69, 9.17) is 5.10 Å². The molecule has 0 radical (unpaired) electrons. The Morgan fingerprint density at radius 2 is 2.05 bits per heavy atom. The smallest absolute Gasteiger partial charge is 0.0765 e. The maximum atomic E-state index is 4.81. The minimum Gasteiger partial charge on any atom is -0.311 e. The fourth-order valence-corrected chi connectivity index (χ4v) is 3.15. The summed E-state index contributed by atoms with van der Waals surface area (Å²) in [5.74, 6) is 0.683. The molecule has 4 heteroatoms. The molecule has 1 saturated heterocycles. The standard InChI is InChI=1S/C17H32N4/c1-6-16(7-2)21-9-8-15(19-21)11-20-12-17(13(3)4)18-10-14(20)5/h8-9,13-14,16-18H,6-7,10-12H2,1-5H3. The summed E-state index contributed by atoms with van der Waals surface area (Å²) < 4.78 is 2.15. The lowest BCUT2D eigenvalue weighted by Gasteiger charge is -2.40. The van der Waals surface area contributed by atoms with E-state index < -0.39 is 0 Å². The third-order valence-electron chi connectivity index (χ3n) is 4.88. The van der Waals surface area contributed by atoms with Crippen LogP contribution in [-0.4, -0.2) is 39.9 Å². The molecular formula is C17H32N4. The average Bonchev–Trinajstić information content (AvgIpc) is 2.91. The van der Waals surface area contributed by atoms with E-state index in [9.17, 15) is 0 Å². The molecule has 0 bridgehead atoms. The summed E-state index contributed by atoms with van der Waals surface area (Å²) in [6, 6.07) is 3.92. The Morgan fingerprint density at radius 1 is 1.33 bits per heavy atom. The summed E-state index contributed by atoms with van der Waals surface area (Å²) in [4.78, 5) is 2.57. The second kappa shape index (κ2) is 7.41. The molecule has 0 aliphatic carbocycles. The van der Waals surface area contributed by atoms with Gasteiger partial charge in [0.2, 0.25) is 0 Å². The molecule has 0 amide bonds. The zero-order valence-electron chi connectivity index (χ0n) is 14.3. The Balaban J connectivity index is 1.99. The van der Waals surface area contributed by atoms with Gasteiger partial charge in [-0.05, 0) is 31.7 Å². The summed E-state index contributed by atoms with van der Waals surface area (Å²) >= 11 is 0. The van der Waals surface area contributed by atoms with Crippen LogP contribution in [0, 0.1) is 5.92 Å². The van der Waals surface area contributed by atoms with Crippen molar-refractivity contribution < 1.29 is 0 Å². The molecule has 1 aliphatic heterocycles. The van der Waals surface area contributed by atoms with Gasteiger partial charge in [0.05, 0.1) is 11.7 Å². The van der Waals surface area contributed by atoms with Crippen molar-refractivity contribution in [3.63, 3.8) is 0 Å². The number of nitrogens with one attached hydrogen (secondary N) is 1. The van der Waals surface area contributed by atoms with Crippen LogP contribution in [0.25, 0.3) is 0 Å². The predicted octanol–water partition coefficient (Wildman–Crippen LogP) is 3.06. The number of piperazine rings is 1. The van der Waals surface area contributed by atoms with Crippen LogP contribution < -0.4 is 5.32 Å². The molecule has 0 saturated carbocycles. The largest absolute Gasteiger partial charge is 0.311 e. The minimum absolute atomic E-state index is 0.544. The molecule has 2 unspecified atom stereocenters. The summed E-state index contributed by atoms with van der Waals surface area (Å²) in [5.41, 5.74) is 1.21. The molecular weight excluding hydrogens is 260 g/mol. The number of aromatic nitrogens is 2. The molecule has 2 rings (SSSR count). The van der Waals surface area contributed by atoms with Gasteiger partial charge >= 0.3 is 0 Å². The van der Waals surface area contributed by atoms with Crippen molar-refractivity contribution in [2.45, 2.75) is 72.1 Å². The molecule has 4 nitrogen and oxygen atoms in total. The van der Waals surface area contributed by atoms with Crippen LogP contribution in [0.2, 0.25) is 0 Å². The first-order chi connectivity index (χ1) is 10.0. The van der Waals surface area contributed by atoms with Gasteiger partial charge in [0.15, 0.2) is 0 Å². The van der Waals surface area contributed by atoms with Crippen LogP contribution in [0.15, 0.2) is 12.3 Å². The Bertz CT molecular complexity index is 422. The van der Waals surface area contributed by atoms with Gasteiger partial charge in [-0.25, -0.2) is 0 Å². The molecule has 1 aromatic heterocycles. The topological polar surface area (TPSA) is 33.1 Å². The first kappa shape index (κ1) is 16.5.